The van der Waals surface area contributed by atoms with Crippen molar-refractivity contribution in [3.8, 4) is 17.2 Å². The minimum atomic E-state index is -0.786. The minimum absolute atomic E-state index is 0.00642. The highest BCUT2D eigenvalue weighted by atomic mass is 16.6. The van der Waals surface area contributed by atoms with Crippen LogP contribution >= 0.6 is 0 Å². The molecule has 5 aliphatic heterocycles. The van der Waals surface area contributed by atoms with Crippen LogP contribution in [0.3, 0.4) is 0 Å². The van der Waals surface area contributed by atoms with Crippen molar-refractivity contribution in [2.24, 2.45) is 0 Å². The molecule has 36 heteroatoms. The quantitative estimate of drug-likeness (QED) is 0.0221. The maximum Gasteiger partial charge on any atom is 0.407 e. The van der Waals surface area contributed by atoms with Crippen LogP contribution in [0.1, 0.15) is 143 Å². The number of hydrogen-bond acceptors (Lipinski definition) is 25. The van der Waals surface area contributed by atoms with Crippen molar-refractivity contribution >= 4 is 53.4 Å². The summed E-state index contributed by atoms with van der Waals surface area (Å²) in [5.74, 6) is -4.92. The summed E-state index contributed by atoms with van der Waals surface area (Å²) in [7, 11) is 1.58. The Labute approximate surface area is 784 Å². The van der Waals surface area contributed by atoms with Crippen LogP contribution in [0.15, 0.2) is 149 Å². The van der Waals surface area contributed by atoms with Crippen LogP contribution in [0.4, 0.5) is 4.79 Å². The first-order chi connectivity index (χ1) is 64.9. The molecular weight excluding hydrogens is 1720 g/mol. The number of ether oxygens (including phenoxy) is 10. The summed E-state index contributed by atoms with van der Waals surface area (Å²) in [5.41, 5.74) is 1.41. The third-order valence-corrected chi connectivity index (χ3v) is 22.0. The predicted octanol–water partition coefficient (Wildman–Crippen LogP) is 5.43. The van der Waals surface area contributed by atoms with Crippen LogP contribution in [0.5, 0.6) is 17.2 Å². The number of rotatable bonds is 36. The Kier molecular flexibility index (Phi) is 45.4. The summed E-state index contributed by atoms with van der Waals surface area (Å²) in [6, 6.07) is 40.1. The highest BCUT2D eigenvalue weighted by Crippen LogP contribution is 2.27. The van der Waals surface area contributed by atoms with Gasteiger partial charge in [-0.25, -0.2) is 4.79 Å². The van der Waals surface area contributed by atoms with Crippen molar-refractivity contribution in [2.45, 2.75) is 112 Å². The summed E-state index contributed by atoms with van der Waals surface area (Å²) in [4.78, 5) is 167. The molecule has 8 bridgehead atoms. The first kappa shape index (κ1) is 106. The molecule has 728 valence electrons. The Hall–Kier alpha value is -12.0. The summed E-state index contributed by atoms with van der Waals surface area (Å²) in [6.07, 6.45) is 0.375. The topological polar surface area (TPSA) is 411 Å². The molecule has 36 nitrogen and oxygen atoms in total. The molecule has 0 fully saturated rings. The van der Waals surface area contributed by atoms with E-state index in [9.17, 15) is 43.2 Å². The van der Waals surface area contributed by atoms with Gasteiger partial charge in [-0.1, -0.05) is 110 Å². The van der Waals surface area contributed by atoms with E-state index in [1.54, 1.807) is 109 Å². The fourth-order valence-electron chi connectivity index (χ4n) is 14.8. The molecule has 12 rings (SSSR count). The lowest BCUT2D eigenvalue weighted by Gasteiger charge is -2.32. The van der Waals surface area contributed by atoms with Crippen LogP contribution < -0.4 is 73.2 Å². The van der Waals surface area contributed by atoms with Crippen LogP contribution in [-0.2, 0) is 75.7 Å². The van der Waals surface area contributed by atoms with E-state index in [0.29, 0.717) is 109 Å². The van der Waals surface area contributed by atoms with Crippen molar-refractivity contribution in [3.63, 3.8) is 0 Å². The number of alkyl carbamates (subject to hydrolysis) is 1. The number of fused-ring (bicyclic) bond motifs is 4. The smallest absolute Gasteiger partial charge is 0.407 e. The molecule has 0 spiro atoms. The normalized spacial score (nSPS) is 15.8. The molecular formula is C98H135N15O21. The Morgan fingerprint density at radius 2 is 0.731 bits per heavy atom. The van der Waals surface area contributed by atoms with Gasteiger partial charge in [0, 0.05) is 180 Å². The lowest BCUT2D eigenvalue weighted by Crippen LogP contribution is -2.48. The Morgan fingerprint density at radius 3 is 1.12 bits per heavy atom. The fraction of sp³-hybridized carbons (Fsp3) is 0.500. The van der Waals surface area contributed by atoms with Gasteiger partial charge in [0.05, 0.1) is 81.2 Å². The molecule has 0 aliphatic carbocycles. The predicted molar refractivity (Wildman–Crippen MR) is 505 cm³/mol. The van der Waals surface area contributed by atoms with Crippen molar-refractivity contribution < 1.29 is 90.5 Å². The van der Waals surface area contributed by atoms with Crippen molar-refractivity contribution in [1.82, 2.24) is 76.6 Å². The number of carbonyl (C=O) groups is 9. The highest BCUT2D eigenvalue weighted by molar-refractivity contribution is 6.05. The average molecular weight is 1860 g/mol. The van der Waals surface area contributed by atoms with Gasteiger partial charge in [-0.3, -0.25) is 67.5 Å². The fourth-order valence-corrected chi connectivity index (χ4v) is 14.8. The maximum atomic E-state index is 15.1. The molecule has 1 atom stereocenters. The maximum absolute atomic E-state index is 15.1. The van der Waals surface area contributed by atoms with Crippen LogP contribution in [0.25, 0.3) is 0 Å². The van der Waals surface area contributed by atoms with Crippen molar-refractivity contribution in [3.05, 3.63) is 227 Å². The van der Waals surface area contributed by atoms with E-state index >= 15 is 9.59 Å². The van der Waals surface area contributed by atoms with Gasteiger partial charge in [-0.05, 0) is 119 Å². The van der Waals surface area contributed by atoms with Crippen LogP contribution in [0, 0.1) is 20.8 Å². The number of aryl methyl sites for hydroxylation is 2. The number of methoxy groups -OCH3 is 1. The van der Waals surface area contributed by atoms with Crippen LogP contribution in [0.2, 0.25) is 0 Å². The highest BCUT2D eigenvalue weighted by Gasteiger charge is 2.29. The molecule has 1 unspecified atom stereocenters. The van der Waals surface area contributed by atoms with Crippen molar-refractivity contribution in [1.29, 1.82) is 0 Å². The number of aromatic nitrogens is 2. The van der Waals surface area contributed by atoms with Gasteiger partial charge in [-0.2, -0.15) is 0 Å². The number of hydrogen-bond donors (Lipinski definition) is 9. The average Bonchev–Trinajstić information content (AvgIpc) is 0.791. The van der Waals surface area contributed by atoms with Gasteiger partial charge in [0.15, 0.2) is 11.5 Å². The summed E-state index contributed by atoms with van der Waals surface area (Å²) < 4.78 is 62.1. The zero-order valence-corrected chi connectivity index (χ0v) is 78.7. The van der Waals surface area contributed by atoms with Gasteiger partial charge in [0.25, 0.3) is 46.6 Å². The van der Waals surface area contributed by atoms with E-state index in [4.69, 9.17) is 47.4 Å². The monoisotopic (exact) mass is 1860 g/mol. The SMILES string of the molecule is CCCOCCOCCN1CCNC(=O)c2cccc(c2C)C(=O)NCCN(CC(CN2CCNC(=O)c3cc(C)n(c(=O)c3OCc3ccccc3)CC(=O)NCCN(CCOCCOCCOC)CCNC(=O)Cn3c(C)cc(c(OCc4ccccc4)c3=O)C(=O)NCC2)OCCCCNC(=O)OC(C)(C)C)CCNC(=O)c2cccc(c2OCc2ccccc2)C(=O)NCC1. The van der Waals surface area contributed by atoms with Crippen molar-refractivity contribution in [2.75, 3.05) is 211 Å². The van der Waals surface area contributed by atoms with Gasteiger partial charge in [0.2, 0.25) is 11.8 Å². The van der Waals surface area contributed by atoms with Gasteiger partial charge in [-0.15, -0.1) is 0 Å². The lowest BCUT2D eigenvalue weighted by atomic mass is 10.0. The van der Waals surface area contributed by atoms with Gasteiger partial charge >= 0.3 is 6.09 Å². The summed E-state index contributed by atoms with van der Waals surface area (Å²) in [5, 5.41) is 26.9. The molecule has 7 heterocycles. The zero-order chi connectivity index (χ0) is 95.8. The number of amides is 9. The number of pyridine rings is 2. The van der Waals surface area contributed by atoms with E-state index in [-0.39, 0.29) is 206 Å². The largest absolute Gasteiger partial charge is 0.487 e. The van der Waals surface area contributed by atoms with E-state index in [2.05, 4.69) is 47.9 Å². The lowest BCUT2D eigenvalue weighted by molar-refractivity contribution is -0.122. The molecule has 9 amide bonds. The Morgan fingerprint density at radius 1 is 0.388 bits per heavy atom. The molecule has 5 aliphatic rings. The molecule has 5 aromatic carbocycles. The molecule has 7 aromatic rings. The molecule has 134 heavy (non-hydrogen) atoms. The number of carbonyl (C=O) groups excluding carboxylic acids is 9. The zero-order valence-electron chi connectivity index (χ0n) is 78.7. The second-order valence-electron chi connectivity index (χ2n) is 33.4. The third-order valence-electron chi connectivity index (χ3n) is 22.0. The van der Waals surface area contributed by atoms with E-state index in [1.165, 1.54) is 21.3 Å². The first-order valence-corrected chi connectivity index (χ1v) is 46.1. The molecule has 9 N–H and O–H groups in total. The van der Waals surface area contributed by atoms with Gasteiger partial charge in [0.1, 0.15) is 44.3 Å². The Balaban J connectivity index is 1.06. The number of unbranched alkanes of at least 4 members (excludes halogenated alkanes) is 1. The standard InChI is InChI=1S/C98H135N15O21/c1-9-52-126-58-59-127-55-51-109-44-36-101-89(116)78-29-21-30-79(73(78)4)90(117)102-38-46-110(47-39-104-92(119)81-32-22-31-80(91(118)103-37-45-109)86(81)131-68-74-23-13-10-14-24-74)64-77(130-53-20-19-33-107-97(124)134-98(5,6)7)65-111-48-40-105-93(120)82-62-71(2)112(95(122)87(82)132-69-75-25-15-11-16-26-75)66-84(114)99-34-42-108(50-54-128-60-61-129-57-56-125-8)43-35-100-85(115)67-113-72(3)63-83(94(121)106-41-49-111)88(96(113)123)133-70-76-27-17-12-18-28-76/h10-18,21-32,62-63,77H,9,19-20,33-61,64-70H2,1-8H3,(H,99,114)(H,100,115)(H,101,116)(H,102,117)(H,103,118)(H,104,119)(H,105,120)(H,106,121)(H,107,124). The Bertz CT molecular complexity index is 4870. The number of nitrogens with one attached hydrogen (secondary N) is 9. The van der Waals surface area contributed by atoms with E-state index in [0.717, 1.165) is 12.0 Å². The second-order valence-corrected chi connectivity index (χ2v) is 33.4. The summed E-state index contributed by atoms with van der Waals surface area (Å²) >= 11 is 0. The molecule has 0 saturated carbocycles. The summed E-state index contributed by atoms with van der Waals surface area (Å²) in [6.45, 7) is 18.0. The molecule has 0 saturated heterocycles. The first-order valence-electron chi connectivity index (χ1n) is 46.1. The molecule has 2 aromatic heterocycles. The van der Waals surface area contributed by atoms with Gasteiger partial charge < -0.3 is 104 Å². The van der Waals surface area contributed by atoms with E-state index < -0.39 is 89.3 Å². The van der Waals surface area contributed by atoms with E-state index in [1.807, 2.05) is 93.3 Å². The molecule has 0 radical (unpaired) electrons. The minimum Gasteiger partial charge on any atom is -0.487 e. The number of nitrogens with zero attached hydrogens (tertiary/aromatic N) is 6. The second kappa shape index (κ2) is 57.6. The number of para-hydroxylation sites is 1. The number of benzene rings is 5. The van der Waals surface area contributed by atoms with Crippen LogP contribution in [-0.4, -0.2) is 304 Å². The third kappa shape index (κ3) is 36.4.